The number of carbonyl (C=O) groups is 3. The Morgan fingerprint density at radius 2 is 1.74 bits per heavy atom. The number of pyridine rings is 1. The van der Waals surface area contributed by atoms with E-state index in [9.17, 15) is 23.2 Å². The number of benzene rings is 1. The molecule has 0 saturated carbocycles. The number of nitrogens with one attached hydrogen (secondary N) is 1. The van der Waals surface area contributed by atoms with Gasteiger partial charge in [0.25, 0.3) is 0 Å². The lowest BCUT2D eigenvalue weighted by Crippen LogP contribution is -2.51. The van der Waals surface area contributed by atoms with Gasteiger partial charge in [-0.2, -0.15) is 0 Å². The number of amides is 3. The number of ether oxygens (including phenoxy) is 2. The predicted molar refractivity (Wildman–Crippen MR) is 137 cm³/mol. The number of primary amides is 1. The van der Waals surface area contributed by atoms with Crippen molar-refractivity contribution in [1.29, 1.82) is 0 Å². The van der Waals surface area contributed by atoms with Gasteiger partial charge in [-0.05, 0) is 38.1 Å². The summed E-state index contributed by atoms with van der Waals surface area (Å²) in [6.07, 6.45) is -0.791. The third-order valence-electron chi connectivity index (χ3n) is 5.38. The molecule has 0 bridgehead atoms. The summed E-state index contributed by atoms with van der Waals surface area (Å²) in [4.78, 5) is 37.1. The molecule has 0 aliphatic carbocycles. The third-order valence-corrected chi connectivity index (χ3v) is 5.38. The van der Waals surface area contributed by atoms with Crippen molar-refractivity contribution in [2.75, 3.05) is 20.2 Å². The van der Waals surface area contributed by atoms with Gasteiger partial charge in [0, 0.05) is 12.6 Å². The minimum Gasteiger partial charge on any atom is -0.443 e. The number of carbonyl (C=O) groups excluding carboxylic acids is 3. The molecule has 3 amide bonds. The van der Waals surface area contributed by atoms with E-state index in [2.05, 4.69) is 15.5 Å². The molecule has 212 valence electrons. The van der Waals surface area contributed by atoms with Crippen LogP contribution in [0.2, 0.25) is 0 Å². The zero-order chi connectivity index (χ0) is 28.0. The minimum atomic E-state index is -1.26. The predicted octanol–water partition coefficient (Wildman–Crippen LogP) is 1.81. The fraction of sp³-hybridized carbons (Fsp3) is 0.400. The standard InChI is InChI=1S/C24H29F2N7O5.CH4/c1-24(2,28)22(35)29-18(13-37-12-15-16(25)7-5-8-17(15)26)21-31-30-20-9-4-6-14(33(20)21)11-38-23(36)32(3)10-19(27)34;/h4-9,18H,10-13,28H2,1-3H3,(H2,27,34)(H,29,35);1H4/t18-;/m1./s1. The zero-order valence-electron chi connectivity index (χ0n) is 21.1. The minimum absolute atomic E-state index is 0. The first kappa shape index (κ1) is 31.1. The van der Waals surface area contributed by atoms with E-state index in [1.54, 1.807) is 22.6 Å². The molecular weight excluding hydrogens is 516 g/mol. The summed E-state index contributed by atoms with van der Waals surface area (Å²) >= 11 is 0. The lowest BCUT2D eigenvalue weighted by atomic mass is 10.1. The van der Waals surface area contributed by atoms with Crippen molar-refractivity contribution in [3.8, 4) is 0 Å². The Kier molecular flexibility index (Phi) is 10.4. The van der Waals surface area contributed by atoms with E-state index in [1.807, 2.05) is 0 Å². The molecule has 12 nitrogen and oxygen atoms in total. The maximum atomic E-state index is 14.0. The normalized spacial score (nSPS) is 11.9. The molecule has 0 aliphatic rings. The van der Waals surface area contributed by atoms with Crippen LogP contribution >= 0.6 is 0 Å². The molecular formula is C25H33F2N7O5. The first-order valence-electron chi connectivity index (χ1n) is 11.5. The van der Waals surface area contributed by atoms with E-state index < -0.39 is 47.7 Å². The van der Waals surface area contributed by atoms with Crippen molar-refractivity contribution in [3.63, 3.8) is 0 Å². The van der Waals surface area contributed by atoms with Gasteiger partial charge in [-0.25, -0.2) is 13.6 Å². The van der Waals surface area contributed by atoms with Crippen LogP contribution in [-0.4, -0.2) is 63.1 Å². The molecule has 0 saturated heterocycles. The summed E-state index contributed by atoms with van der Waals surface area (Å²) in [6.45, 7) is 1.78. The van der Waals surface area contributed by atoms with Crippen LogP contribution in [0.5, 0.6) is 0 Å². The van der Waals surface area contributed by atoms with Crippen LogP contribution in [0.4, 0.5) is 13.6 Å². The number of likely N-dealkylation sites (N-methyl/N-ethyl adjacent to an activating group) is 1. The van der Waals surface area contributed by atoms with Gasteiger partial charge in [-0.15, -0.1) is 10.2 Å². The Bertz CT molecular complexity index is 1310. The molecule has 0 spiro atoms. The topological polar surface area (TPSA) is 167 Å². The molecule has 5 N–H and O–H groups in total. The molecule has 3 rings (SSSR count). The Labute approximate surface area is 224 Å². The Morgan fingerprint density at radius 3 is 2.36 bits per heavy atom. The highest BCUT2D eigenvalue weighted by Crippen LogP contribution is 2.20. The summed E-state index contributed by atoms with van der Waals surface area (Å²) < 4.78 is 40.5. The number of nitrogens with zero attached hydrogens (tertiary/aromatic N) is 4. The Morgan fingerprint density at radius 1 is 1.10 bits per heavy atom. The highest BCUT2D eigenvalue weighted by molar-refractivity contribution is 5.85. The first-order chi connectivity index (χ1) is 17.9. The SMILES string of the molecule is C.CN(CC(N)=O)C(=O)OCc1cccc2nnc([C@@H](COCc3c(F)cccc3F)NC(=O)C(C)(C)N)n12. The second kappa shape index (κ2) is 13.1. The van der Waals surface area contributed by atoms with E-state index >= 15 is 0 Å². The Balaban J connectivity index is 0.00000533. The molecule has 0 aliphatic heterocycles. The van der Waals surface area contributed by atoms with E-state index in [0.29, 0.717) is 11.3 Å². The van der Waals surface area contributed by atoms with Crippen LogP contribution in [0.1, 0.15) is 44.4 Å². The number of halogens is 2. The van der Waals surface area contributed by atoms with E-state index in [-0.39, 0.29) is 38.6 Å². The Hall–Kier alpha value is -4.17. The molecule has 3 aromatic rings. The maximum Gasteiger partial charge on any atom is 0.410 e. The summed E-state index contributed by atoms with van der Waals surface area (Å²) in [5.74, 6) is -2.59. The fourth-order valence-corrected chi connectivity index (χ4v) is 3.39. The molecule has 2 heterocycles. The van der Waals surface area contributed by atoms with Crippen molar-refractivity contribution < 1.29 is 32.6 Å². The molecule has 0 radical (unpaired) electrons. The van der Waals surface area contributed by atoms with Crippen molar-refractivity contribution in [2.45, 2.75) is 46.1 Å². The first-order valence-corrected chi connectivity index (χ1v) is 11.5. The van der Waals surface area contributed by atoms with E-state index in [4.69, 9.17) is 20.9 Å². The average molecular weight is 550 g/mol. The van der Waals surface area contributed by atoms with Crippen LogP contribution < -0.4 is 16.8 Å². The van der Waals surface area contributed by atoms with Crippen molar-refractivity contribution in [3.05, 3.63) is 65.1 Å². The average Bonchev–Trinajstić information content (AvgIpc) is 3.27. The van der Waals surface area contributed by atoms with Gasteiger partial charge >= 0.3 is 6.09 Å². The molecule has 2 aromatic heterocycles. The van der Waals surface area contributed by atoms with Crippen LogP contribution in [0, 0.1) is 11.6 Å². The third kappa shape index (κ3) is 7.91. The zero-order valence-corrected chi connectivity index (χ0v) is 21.1. The number of hydrogen-bond donors (Lipinski definition) is 3. The second-order valence-corrected chi connectivity index (χ2v) is 9.11. The van der Waals surface area contributed by atoms with Gasteiger partial charge in [0.1, 0.15) is 30.8 Å². The van der Waals surface area contributed by atoms with Crippen LogP contribution in [0.3, 0.4) is 0 Å². The lowest BCUT2D eigenvalue weighted by Gasteiger charge is -2.24. The largest absolute Gasteiger partial charge is 0.443 e. The number of rotatable bonds is 11. The number of fused-ring (bicyclic) bond motifs is 1. The number of hydrogen-bond acceptors (Lipinski definition) is 8. The lowest BCUT2D eigenvalue weighted by molar-refractivity contribution is -0.126. The van der Waals surface area contributed by atoms with Crippen molar-refractivity contribution in [1.82, 2.24) is 24.8 Å². The van der Waals surface area contributed by atoms with Gasteiger partial charge in [-0.1, -0.05) is 19.6 Å². The van der Waals surface area contributed by atoms with Crippen LogP contribution in [-0.2, 0) is 32.3 Å². The van der Waals surface area contributed by atoms with Crippen molar-refractivity contribution in [2.24, 2.45) is 11.5 Å². The molecule has 0 unspecified atom stereocenters. The van der Waals surface area contributed by atoms with Gasteiger partial charge in [0.05, 0.1) is 24.4 Å². The van der Waals surface area contributed by atoms with Gasteiger partial charge in [0.15, 0.2) is 11.5 Å². The quantitative estimate of drug-likeness (QED) is 0.325. The molecule has 39 heavy (non-hydrogen) atoms. The van der Waals surface area contributed by atoms with Crippen LogP contribution in [0.25, 0.3) is 5.65 Å². The van der Waals surface area contributed by atoms with Gasteiger partial charge in [-0.3, -0.25) is 14.0 Å². The van der Waals surface area contributed by atoms with E-state index in [1.165, 1.54) is 27.0 Å². The molecule has 0 fully saturated rings. The second-order valence-electron chi connectivity index (χ2n) is 9.11. The maximum absolute atomic E-state index is 14.0. The van der Waals surface area contributed by atoms with Crippen LogP contribution in [0.15, 0.2) is 36.4 Å². The summed E-state index contributed by atoms with van der Waals surface area (Å²) in [6, 6.07) is 7.45. The molecule has 1 atom stereocenters. The highest BCUT2D eigenvalue weighted by atomic mass is 19.1. The summed E-state index contributed by atoms with van der Waals surface area (Å²) in [5, 5.41) is 11.0. The summed E-state index contributed by atoms with van der Waals surface area (Å²) in [5.41, 5.74) is 10.3. The monoisotopic (exact) mass is 549 g/mol. The van der Waals surface area contributed by atoms with Gasteiger partial charge in [0.2, 0.25) is 11.8 Å². The fourth-order valence-electron chi connectivity index (χ4n) is 3.39. The number of aromatic nitrogens is 3. The van der Waals surface area contributed by atoms with E-state index in [0.717, 1.165) is 17.0 Å². The number of nitrogens with two attached hydrogens (primary N) is 2. The molecule has 14 heteroatoms. The molecule has 1 aromatic carbocycles. The smallest absolute Gasteiger partial charge is 0.410 e. The summed E-state index contributed by atoms with van der Waals surface area (Å²) in [7, 11) is 1.35. The van der Waals surface area contributed by atoms with Crippen molar-refractivity contribution >= 4 is 23.6 Å². The highest BCUT2D eigenvalue weighted by Gasteiger charge is 2.29. The van der Waals surface area contributed by atoms with Gasteiger partial charge < -0.3 is 31.2 Å².